The second-order valence-corrected chi connectivity index (χ2v) is 6.11. The van der Waals surface area contributed by atoms with E-state index in [9.17, 15) is 13.6 Å². The Kier molecular flexibility index (Phi) is 5.05. The van der Waals surface area contributed by atoms with Crippen LogP contribution in [0, 0.1) is 11.6 Å². The molecule has 0 aromatic heterocycles. The molecule has 0 fully saturated rings. The van der Waals surface area contributed by atoms with E-state index in [1.165, 1.54) is 6.07 Å². The summed E-state index contributed by atoms with van der Waals surface area (Å²) in [6.07, 6.45) is -0.105. The first kappa shape index (κ1) is 15.3. The van der Waals surface area contributed by atoms with E-state index >= 15 is 0 Å². The van der Waals surface area contributed by atoms with Crippen molar-refractivity contribution in [2.75, 3.05) is 0 Å². The maximum absolute atomic E-state index is 13.8. The van der Waals surface area contributed by atoms with E-state index in [1.54, 1.807) is 12.1 Å². The van der Waals surface area contributed by atoms with Gasteiger partial charge in [0.15, 0.2) is 0 Å². The predicted molar refractivity (Wildman–Crippen MR) is 80.6 cm³/mol. The first-order chi connectivity index (χ1) is 9.47. The molecule has 0 bridgehead atoms. The molecule has 0 saturated carbocycles. The van der Waals surface area contributed by atoms with Crippen molar-refractivity contribution < 1.29 is 13.6 Å². The molecule has 0 radical (unpaired) electrons. The van der Waals surface area contributed by atoms with E-state index in [1.807, 2.05) is 12.1 Å². The van der Waals surface area contributed by atoms with Crippen molar-refractivity contribution in [2.45, 2.75) is 12.8 Å². The molecular formula is C15H10Br2F2O. The van der Waals surface area contributed by atoms with Gasteiger partial charge in [0.1, 0.15) is 17.4 Å². The molecule has 0 heterocycles. The van der Waals surface area contributed by atoms with Gasteiger partial charge in [-0.1, -0.05) is 28.1 Å². The SMILES string of the molecule is O=C(Cc1ccc(Br)cc1)Cc1c(F)ccc(Br)c1F. The van der Waals surface area contributed by atoms with Gasteiger partial charge < -0.3 is 0 Å². The fourth-order valence-electron chi connectivity index (χ4n) is 1.82. The Labute approximate surface area is 132 Å². The Bertz CT molecular complexity index is 639. The van der Waals surface area contributed by atoms with Crippen LogP contribution in [0.2, 0.25) is 0 Å². The smallest absolute Gasteiger partial charge is 0.143 e. The van der Waals surface area contributed by atoms with Gasteiger partial charge in [-0.25, -0.2) is 8.78 Å². The van der Waals surface area contributed by atoms with Gasteiger partial charge >= 0.3 is 0 Å². The summed E-state index contributed by atoms with van der Waals surface area (Å²) in [6.45, 7) is 0. The molecule has 2 rings (SSSR count). The topological polar surface area (TPSA) is 17.1 Å². The first-order valence-corrected chi connectivity index (χ1v) is 7.44. The average molecular weight is 404 g/mol. The minimum atomic E-state index is -0.714. The number of hydrogen-bond acceptors (Lipinski definition) is 1. The number of carbonyl (C=O) groups excluding carboxylic acids is 1. The molecule has 0 aliphatic carbocycles. The van der Waals surface area contributed by atoms with Crippen molar-refractivity contribution in [1.82, 2.24) is 0 Å². The van der Waals surface area contributed by atoms with E-state index in [0.717, 1.165) is 16.1 Å². The maximum Gasteiger partial charge on any atom is 0.143 e. The Morgan fingerprint density at radius 3 is 2.25 bits per heavy atom. The Morgan fingerprint density at radius 2 is 1.60 bits per heavy atom. The zero-order chi connectivity index (χ0) is 14.7. The van der Waals surface area contributed by atoms with E-state index in [4.69, 9.17) is 0 Å². The fraction of sp³-hybridized carbons (Fsp3) is 0.133. The summed E-state index contributed by atoms with van der Waals surface area (Å²) >= 11 is 6.29. The standard InChI is InChI=1S/C15H10Br2F2O/c16-10-3-1-9(2-4-10)7-11(20)8-12-14(18)6-5-13(17)15(12)19/h1-6H,7-8H2. The normalized spacial score (nSPS) is 10.6. The number of benzene rings is 2. The van der Waals surface area contributed by atoms with E-state index in [-0.39, 0.29) is 28.7 Å². The molecule has 2 aromatic rings. The van der Waals surface area contributed by atoms with Gasteiger partial charge in [-0.2, -0.15) is 0 Å². The van der Waals surface area contributed by atoms with Crippen LogP contribution < -0.4 is 0 Å². The molecule has 5 heteroatoms. The maximum atomic E-state index is 13.8. The second kappa shape index (κ2) is 6.59. The Balaban J connectivity index is 2.12. The molecule has 0 unspecified atom stereocenters. The zero-order valence-corrected chi connectivity index (χ0v) is 13.5. The van der Waals surface area contributed by atoms with E-state index < -0.39 is 11.6 Å². The third kappa shape index (κ3) is 3.73. The van der Waals surface area contributed by atoms with Gasteiger partial charge in [-0.15, -0.1) is 0 Å². The largest absolute Gasteiger partial charge is 0.299 e. The Morgan fingerprint density at radius 1 is 0.950 bits per heavy atom. The molecule has 104 valence electrons. The van der Waals surface area contributed by atoms with E-state index in [2.05, 4.69) is 31.9 Å². The zero-order valence-electron chi connectivity index (χ0n) is 10.3. The third-order valence-electron chi connectivity index (χ3n) is 2.83. The van der Waals surface area contributed by atoms with Gasteiger partial charge in [0.25, 0.3) is 0 Å². The highest BCUT2D eigenvalue weighted by Gasteiger charge is 2.16. The van der Waals surface area contributed by atoms with Gasteiger partial charge in [0.2, 0.25) is 0 Å². The van der Waals surface area contributed by atoms with Crippen LogP contribution >= 0.6 is 31.9 Å². The third-order valence-corrected chi connectivity index (χ3v) is 3.97. The van der Waals surface area contributed by atoms with E-state index in [0.29, 0.717) is 0 Å². The van der Waals surface area contributed by atoms with Crippen LogP contribution in [0.4, 0.5) is 8.78 Å². The molecule has 0 amide bonds. The van der Waals surface area contributed by atoms with Gasteiger partial charge in [-0.05, 0) is 45.8 Å². The lowest BCUT2D eigenvalue weighted by Gasteiger charge is -2.06. The van der Waals surface area contributed by atoms with Crippen molar-refractivity contribution in [2.24, 2.45) is 0 Å². The highest BCUT2D eigenvalue weighted by atomic mass is 79.9. The number of ketones is 1. The number of halogens is 4. The molecular weight excluding hydrogens is 394 g/mol. The van der Waals surface area contributed by atoms with Crippen LogP contribution in [-0.2, 0) is 17.6 Å². The molecule has 0 atom stereocenters. The lowest BCUT2D eigenvalue weighted by Crippen LogP contribution is -2.10. The lowest BCUT2D eigenvalue weighted by molar-refractivity contribution is -0.117. The van der Waals surface area contributed by atoms with Crippen molar-refractivity contribution in [3.05, 3.63) is 68.1 Å². The number of rotatable bonds is 4. The van der Waals surface area contributed by atoms with Crippen LogP contribution in [0.5, 0.6) is 0 Å². The monoisotopic (exact) mass is 402 g/mol. The molecule has 0 aliphatic heterocycles. The number of hydrogen-bond donors (Lipinski definition) is 0. The molecule has 0 N–H and O–H groups in total. The number of carbonyl (C=O) groups is 1. The molecule has 2 aromatic carbocycles. The molecule has 0 saturated heterocycles. The predicted octanol–water partition coefficient (Wildman–Crippen LogP) is 4.84. The summed E-state index contributed by atoms with van der Waals surface area (Å²) < 4.78 is 28.4. The molecule has 1 nitrogen and oxygen atoms in total. The van der Waals surface area contributed by atoms with Crippen molar-refractivity contribution in [1.29, 1.82) is 0 Å². The summed E-state index contributed by atoms with van der Waals surface area (Å²) in [7, 11) is 0. The highest BCUT2D eigenvalue weighted by molar-refractivity contribution is 9.10. The van der Waals surface area contributed by atoms with Gasteiger partial charge in [0, 0.05) is 22.9 Å². The Hall–Kier alpha value is -1.07. The van der Waals surface area contributed by atoms with Crippen LogP contribution in [0.1, 0.15) is 11.1 Å². The number of Topliss-reactive ketones (excluding diaryl/α,β-unsaturated/α-hetero) is 1. The van der Waals surface area contributed by atoms with Gasteiger partial charge in [-0.3, -0.25) is 4.79 Å². The van der Waals surface area contributed by atoms with Crippen LogP contribution in [0.3, 0.4) is 0 Å². The summed E-state index contributed by atoms with van der Waals surface area (Å²) in [5.41, 5.74) is 0.621. The van der Waals surface area contributed by atoms with Crippen LogP contribution in [-0.4, -0.2) is 5.78 Å². The molecule has 20 heavy (non-hydrogen) atoms. The fourth-order valence-corrected chi connectivity index (χ4v) is 2.46. The second-order valence-electron chi connectivity index (χ2n) is 4.34. The average Bonchev–Trinajstić information content (AvgIpc) is 2.42. The first-order valence-electron chi connectivity index (χ1n) is 5.86. The summed E-state index contributed by atoms with van der Waals surface area (Å²) in [6, 6.07) is 9.68. The summed E-state index contributed by atoms with van der Waals surface area (Å²) in [5, 5.41) is 0. The lowest BCUT2D eigenvalue weighted by atomic mass is 10.0. The van der Waals surface area contributed by atoms with Crippen molar-refractivity contribution in [3.63, 3.8) is 0 Å². The van der Waals surface area contributed by atoms with Crippen LogP contribution in [0.15, 0.2) is 45.3 Å². The minimum Gasteiger partial charge on any atom is -0.299 e. The molecule has 0 spiro atoms. The van der Waals surface area contributed by atoms with Crippen LogP contribution in [0.25, 0.3) is 0 Å². The quantitative estimate of drug-likeness (QED) is 0.667. The van der Waals surface area contributed by atoms with Crippen molar-refractivity contribution >= 4 is 37.6 Å². The van der Waals surface area contributed by atoms with Crippen molar-refractivity contribution in [3.8, 4) is 0 Å². The summed E-state index contributed by atoms with van der Waals surface area (Å²) in [5.74, 6) is -1.65. The summed E-state index contributed by atoms with van der Waals surface area (Å²) in [4.78, 5) is 11.9. The van der Waals surface area contributed by atoms with Gasteiger partial charge in [0.05, 0.1) is 4.47 Å². The minimum absolute atomic E-state index is 0.151. The highest BCUT2D eigenvalue weighted by Crippen LogP contribution is 2.22. The molecule has 0 aliphatic rings.